The first-order valence-electron chi connectivity index (χ1n) is 10.1. The van der Waals surface area contributed by atoms with Crippen LogP contribution in [0, 0.1) is 0 Å². The molecular weight excluding hydrogens is 402 g/mol. The Balaban J connectivity index is 1.60. The largest absolute Gasteiger partial charge is 0.457 e. The summed E-state index contributed by atoms with van der Waals surface area (Å²) in [6.45, 7) is 1.54. The lowest BCUT2D eigenvalue weighted by Crippen LogP contribution is -2.67. The predicted molar refractivity (Wildman–Crippen MR) is 109 cm³/mol. The molecule has 2 aliphatic rings. The van der Waals surface area contributed by atoms with Gasteiger partial charge < -0.3 is 29.0 Å². The molecule has 2 aromatic rings. The number of nitrogens with one attached hydrogen (secondary N) is 1. The normalized spacial score (nSPS) is 30.1. The van der Waals surface area contributed by atoms with Crippen LogP contribution in [0.3, 0.4) is 0 Å². The first-order valence-corrected chi connectivity index (χ1v) is 10.1. The number of carbonyl (C=O) groups is 2. The number of ether oxygens (including phenoxy) is 5. The van der Waals surface area contributed by atoms with Crippen LogP contribution < -0.4 is 5.32 Å². The summed E-state index contributed by atoms with van der Waals surface area (Å²) < 4.78 is 29.1. The van der Waals surface area contributed by atoms with Gasteiger partial charge in [-0.05, 0) is 12.1 Å². The minimum absolute atomic E-state index is 0.223. The third-order valence-electron chi connectivity index (χ3n) is 5.28. The average molecular weight is 427 g/mol. The van der Waals surface area contributed by atoms with Gasteiger partial charge in [-0.3, -0.25) is 9.59 Å². The van der Waals surface area contributed by atoms with Crippen LogP contribution in [0.25, 0.3) is 0 Å². The molecule has 2 saturated heterocycles. The van der Waals surface area contributed by atoms with Crippen molar-refractivity contribution < 1.29 is 33.3 Å². The highest BCUT2D eigenvalue weighted by Crippen LogP contribution is 2.35. The van der Waals surface area contributed by atoms with Crippen molar-refractivity contribution in [3.05, 3.63) is 71.8 Å². The molecule has 2 fully saturated rings. The van der Waals surface area contributed by atoms with Crippen molar-refractivity contribution in [2.75, 3.05) is 13.7 Å². The Bertz CT molecular complexity index is 891. The van der Waals surface area contributed by atoms with E-state index in [9.17, 15) is 9.59 Å². The molecule has 0 saturated carbocycles. The molecule has 2 aliphatic heterocycles. The predicted octanol–water partition coefficient (Wildman–Crippen LogP) is 2.20. The summed E-state index contributed by atoms with van der Waals surface area (Å²) in [6.07, 6.45) is -3.51. The van der Waals surface area contributed by atoms with Gasteiger partial charge in [-0.2, -0.15) is 0 Å². The topological polar surface area (TPSA) is 92.3 Å². The Labute approximate surface area is 180 Å². The SMILES string of the molecule is CO[C@H]1O[C@@H]2CO[C@@H](c3ccccc3)O[C@H]2[C@@H](OC(C)=O)[C@H]1NC(=O)c1ccccc1. The van der Waals surface area contributed by atoms with Crippen molar-refractivity contribution in [3.8, 4) is 0 Å². The third-order valence-corrected chi connectivity index (χ3v) is 5.28. The number of methoxy groups -OCH3 is 1. The van der Waals surface area contributed by atoms with Crippen molar-refractivity contribution in [3.63, 3.8) is 0 Å². The van der Waals surface area contributed by atoms with Crippen LogP contribution in [0.1, 0.15) is 29.1 Å². The van der Waals surface area contributed by atoms with Gasteiger partial charge in [-0.15, -0.1) is 0 Å². The van der Waals surface area contributed by atoms with Gasteiger partial charge in [0, 0.05) is 25.2 Å². The molecule has 1 amide bonds. The minimum atomic E-state index is -0.848. The fraction of sp³-hybridized carbons (Fsp3) is 0.391. The third kappa shape index (κ3) is 4.77. The molecule has 8 heteroatoms. The van der Waals surface area contributed by atoms with E-state index >= 15 is 0 Å². The van der Waals surface area contributed by atoms with Crippen LogP contribution >= 0.6 is 0 Å². The van der Waals surface area contributed by atoms with E-state index in [1.54, 1.807) is 24.3 Å². The second kappa shape index (κ2) is 9.57. The van der Waals surface area contributed by atoms with Gasteiger partial charge in [0.2, 0.25) is 0 Å². The monoisotopic (exact) mass is 427 g/mol. The minimum Gasteiger partial charge on any atom is -0.457 e. The maximum atomic E-state index is 12.8. The van der Waals surface area contributed by atoms with Gasteiger partial charge in [-0.25, -0.2) is 0 Å². The molecule has 0 bridgehead atoms. The molecule has 31 heavy (non-hydrogen) atoms. The molecule has 0 spiro atoms. The number of hydrogen-bond donors (Lipinski definition) is 1. The van der Waals surface area contributed by atoms with Crippen LogP contribution in [-0.4, -0.2) is 56.2 Å². The van der Waals surface area contributed by atoms with E-state index in [4.69, 9.17) is 23.7 Å². The second-order valence-electron chi connectivity index (χ2n) is 7.39. The first kappa shape index (κ1) is 21.5. The van der Waals surface area contributed by atoms with E-state index in [2.05, 4.69) is 5.32 Å². The average Bonchev–Trinajstić information content (AvgIpc) is 2.80. The van der Waals surface area contributed by atoms with E-state index in [1.807, 2.05) is 36.4 Å². The van der Waals surface area contributed by atoms with Crippen molar-refractivity contribution >= 4 is 11.9 Å². The Morgan fingerprint density at radius 2 is 1.68 bits per heavy atom. The standard InChI is InChI=1S/C23H25NO7/c1-14(25)29-20-18(24-21(26)15-9-5-3-6-10-15)23(27-2)30-17-13-28-22(31-19(17)20)16-11-7-4-8-12-16/h3-12,17-20,22-23H,13H2,1-2H3,(H,24,26)/t17-,18-,19-,20+,22-,23+/m1/s1. The van der Waals surface area contributed by atoms with E-state index in [0.717, 1.165) is 5.56 Å². The Hall–Kier alpha value is -2.78. The van der Waals surface area contributed by atoms with Crippen molar-refractivity contribution in [1.29, 1.82) is 0 Å². The quantitative estimate of drug-likeness (QED) is 0.732. The van der Waals surface area contributed by atoms with Gasteiger partial charge in [0.15, 0.2) is 18.7 Å². The molecule has 2 heterocycles. The fourth-order valence-corrected chi connectivity index (χ4v) is 3.86. The zero-order valence-corrected chi connectivity index (χ0v) is 17.3. The molecule has 0 aliphatic carbocycles. The molecule has 0 aromatic heterocycles. The van der Waals surface area contributed by atoms with Crippen LogP contribution in [0.15, 0.2) is 60.7 Å². The number of fused-ring (bicyclic) bond motifs is 1. The summed E-state index contributed by atoms with van der Waals surface area (Å²) >= 11 is 0. The molecule has 2 aromatic carbocycles. The second-order valence-corrected chi connectivity index (χ2v) is 7.39. The summed E-state index contributed by atoms with van der Waals surface area (Å²) in [5, 5.41) is 2.89. The Morgan fingerprint density at radius 1 is 1.00 bits per heavy atom. The maximum Gasteiger partial charge on any atom is 0.303 e. The van der Waals surface area contributed by atoms with E-state index in [0.29, 0.717) is 5.56 Å². The molecule has 0 unspecified atom stereocenters. The zero-order valence-electron chi connectivity index (χ0n) is 17.3. The Morgan fingerprint density at radius 3 is 2.32 bits per heavy atom. The lowest BCUT2D eigenvalue weighted by atomic mass is 9.95. The molecule has 8 nitrogen and oxygen atoms in total. The van der Waals surface area contributed by atoms with Crippen molar-refractivity contribution in [1.82, 2.24) is 5.32 Å². The summed E-state index contributed by atoms with van der Waals surface area (Å²) in [4.78, 5) is 24.8. The lowest BCUT2D eigenvalue weighted by molar-refractivity contribution is -0.341. The molecule has 4 rings (SSSR count). The number of benzene rings is 2. The molecule has 0 radical (unpaired) electrons. The van der Waals surface area contributed by atoms with Crippen LogP contribution in [0.2, 0.25) is 0 Å². The van der Waals surface area contributed by atoms with E-state index in [-0.39, 0.29) is 12.5 Å². The smallest absolute Gasteiger partial charge is 0.303 e. The summed E-state index contributed by atoms with van der Waals surface area (Å²) in [5.41, 5.74) is 1.30. The number of amides is 1. The maximum absolute atomic E-state index is 12.8. The van der Waals surface area contributed by atoms with Crippen LogP contribution in [-0.2, 0) is 28.5 Å². The zero-order chi connectivity index (χ0) is 21.8. The van der Waals surface area contributed by atoms with Gasteiger partial charge in [0.25, 0.3) is 5.91 Å². The van der Waals surface area contributed by atoms with E-state index < -0.39 is 42.9 Å². The highest BCUT2D eigenvalue weighted by molar-refractivity contribution is 5.94. The first-order chi connectivity index (χ1) is 15.1. The van der Waals surface area contributed by atoms with Crippen LogP contribution in [0.5, 0.6) is 0 Å². The highest BCUT2D eigenvalue weighted by atomic mass is 16.7. The van der Waals surface area contributed by atoms with Crippen LogP contribution in [0.4, 0.5) is 0 Å². The summed E-state index contributed by atoms with van der Waals surface area (Å²) in [6, 6.07) is 17.4. The highest BCUT2D eigenvalue weighted by Gasteiger charge is 2.52. The van der Waals surface area contributed by atoms with Gasteiger partial charge >= 0.3 is 5.97 Å². The van der Waals surface area contributed by atoms with Crippen molar-refractivity contribution in [2.24, 2.45) is 0 Å². The molecule has 6 atom stereocenters. The molecule has 1 N–H and O–H groups in total. The number of esters is 1. The number of carbonyl (C=O) groups excluding carboxylic acids is 2. The Kier molecular flexibility index (Phi) is 6.62. The summed E-state index contributed by atoms with van der Waals surface area (Å²) in [5.74, 6) is -0.829. The van der Waals surface area contributed by atoms with E-state index in [1.165, 1.54) is 14.0 Å². The van der Waals surface area contributed by atoms with Crippen molar-refractivity contribution in [2.45, 2.75) is 43.9 Å². The number of hydrogen-bond acceptors (Lipinski definition) is 7. The molecule has 164 valence electrons. The summed E-state index contributed by atoms with van der Waals surface area (Å²) in [7, 11) is 1.47. The van der Waals surface area contributed by atoms with Gasteiger partial charge in [0.1, 0.15) is 18.2 Å². The van der Waals surface area contributed by atoms with Gasteiger partial charge in [-0.1, -0.05) is 48.5 Å². The lowest BCUT2D eigenvalue weighted by Gasteiger charge is -2.48. The van der Waals surface area contributed by atoms with Gasteiger partial charge in [0.05, 0.1) is 6.61 Å². The number of rotatable bonds is 5. The fourth-order valence-electron chi connectivity index (χ4n) is 3.86. The molecular formula is C23H25NO7.